The lowest BCUT2D eigenvalue weighted by Gasteiger charge is -2.34. The second-order valence-electron chi connectivity index (χ2n) is 6.62. The number of hydrogen-bond donors (Lipinski definition) is 1. The number of anilines is 1. The Balaban J connectivity index is 2.20. The molecule has 1 aromatic rings. The number of benzene rings is 1. The molecule has 6 heteroatoms. The van der Waals surface area contributed by atoms with E-state index in [0.717, 1.165) is 29.5 Å². The van der Waals surface area contributed by atoms with Gasteiger partial charge in [-0.05, 0) is 59.4 Å². The Bertz CT molecular complexity index is 577. The average Bonchev–Trinajstić information content (AvgIpc) is 2.63. The van der Waals surface area contributed by atoms with Gasteiger partial charge in [-0.1, -0.05) is 26.2 Å². The highest BCUT2D eigenvalue weighted by atomic mass is 79.9. The van der Waals surface area contributed by atoms with Crippen LogP contribution in [-0.4, -0.2) is 35.9 Å². The smallest absolute Gasteiger partial charge is 0.338 e. The molecular weight excluding hydrogens is 404 g/mol. The highest BCUT2D eigenvalue weighted by Crippen LogP contribution is 2.30. The first-order chi connectivity index (χ1) is 12.1. The van der Waals surface area contributed by atoms with E-state index in [1.54, 1.807) is 6.07 Å². The van der Waals surface area contributed by atoms with Crippen LogP contribution in [0.4, 0.5) is 5.69 Å². The molecule has 1 saturated carbocycles. The number of rotatable bonds is 8. The average molecular weight is 432 g/mol. The Kier molecular flexibility index (Phi) is 8.53. The summed E-state index contributed by atoms with van der Waals surface area (Å²) in [6.07, 6.45) is 7.54. The first kappa shape index (κ1) is 20.5. The zero-order valence-corrected chi connectivity index (χ0v) is 17.2. The Morgan fingerprint density at radius 3 is 2.72 bits per heavy atom. The molecule has 1 aromatic carbocycles. The van der Waals surface area contributed by atoms with E-state index >= 15 is 0 Å². The van der Waals surface area contributed by atoms with Gasteiger partial charge in [-0.25, -0.2) is 4.79 Å². The second kappa shape index (κ2) is 10.4. The van der Waals surface area contributed by atoms with Gasteiger partial charge in [0.1, 0.15) is 6.61 Å². The standard InChI is InChI=1S/C19H28BrClN2O2/c1-2-9-23(16-6-4-3-5-7-16)13-15-11-14(12-17(20)18(15)22)19(24)25-10-8-21/h11-12,16H,2-10,13,22H2,1H3. The summed E-state index contributed by atoms with van der Waals surface area (Å²) in [6, 6.07) is 4.20. The van der Waals surface area contributed by atoms with Crippen molar-refractivity contribution >= 4 is 39.2 Å². The van der Waals surface area contributed by atoms with Gasteiger partial charge in [-0.15, -0.1) is 11.6 Å². The molecule has 0 bridgehead atoms. The Labute approximate surface area is 164 Å². The molecule has 1 aliphatic carbocycles. The number of carbonyl (C=O) groups is 1. The summed E-state index contributed by atoms with van der Waals surface area (Å²) < 4.78 is 5.89. The third-order valence-electron chi connectivity index (χ3n) is 4.74. The summed E-state index contributed by atoms with van der Waals surface area (Å²) in [4.78, 5) is 14.7. The van der Waals surface area contributed by atoms with Crippen LogP contribution in [0.15, 0.2) is 16.6 Å². The number of ether oxygens (including phenoxy) is 1. The van der Waals surface area contributed by atoms with Crippen molar-refractivity contribution in [3.8, 4) is 0 Å². The van der Waals surface area contributed by atoms with Gasteiger partial charge in [0.05, 0.1) is 17.1 Å². The summed E-state index contributed by atoms with van der Waals surface area (Å²) >= 11 is 9.08. The molecule has 0 atom stereocenters. The van der Waals surface area contributed by atoms with Crippen LogP contribution in [0.25, 0.3) is 0 Å². The summed E-state index contributed by atoms with van der Waals surface area (Å²) in [5.74, 6) is -0.0666. The molecule has 0 unspecified atom stereocenters. The fraction of sp³-hybridized carbons (Fsp3) is 0.632. The van der Waals surface area contributed by atoms with Crippen LogP contribution in [0.3, 0.4) is 0 Å². The minimum atomic E-state index is -0.359. The molecule has 0 radical (unpaired) electrons. The van der Waals surface area contributed by atoms with Crippen molar-refractivity contribution in [2.24, 2.45) is 0 Å². The van der Waals surface area contributed by atoms with Crippen LogP contribution in [0.2, 0.25) is 0 Å². The maximum atomic E-state index is 12.2. The minimum absolute atomic E-state index is 0.210. The maximum absolute atomic E-state index is 12.2. The molecule has 25 heavy (non-hydrogen) atoms. The van der Waals surface area contributed by atoms with Gasteiger partial charge >= 0.3 is 5.97 Å². The molecule has 0 saturated heterocycles. The number of nitrogens with zero attached hydrogens (tertiary/aromatic N) is 1. The summed E-state index contributed by atoms with van der Waals surface area (Å²) in [7, 11) is 0. The third kappa shape index (κ3) is 5.87. The topological polar surface area (TPSA) is 55.6 Å². The van der Waals surface area contributed by atoms with Crippen molar-refractivity contribution in [1.29, 1.82) is 0 Å². The SMILES string of the molecule is CCCN(Cc1cc(C(=O)OCCCl)cc(Br)c1N)C1CCCCC1. The lowest BCUT2D eigenvalue weighted by atomic mass is 9.93. The summed E-state index contributed by atoms with van der Waals surface area (Å²) in [5, 5.41) is 0. The van der Waals surface area contributed by atoms with Crippen molar-refractivity contribution in [3.05, 3.63) is 27.7 Å². The molecular formula is C19H28BrClN2O2. The van der Waals surface area contributed by atoms with Gasteiger partial charge in [0, 0.05) is 17.1 Å². The number of carbonyl (C=O) groups excluding carboxylic acids is 1. The predicted molar refractivity (Wildman–Crippen MR) is 107 cm³/mol. The number of nitrogens with two attached hydrogens (primary N) is 1. The van der Waals surface area contributed by atoms with E-state index in [4.69, 9.17) is 22.1 Å². The van der Waals surface area contributed by atoms with Gasteiger partial charge < -0.3 is 10.5 Å². The van der Waals surface area contributed by atoms with E-state index in [9.17, 15) is 4.79 Å². The van der Waals surface area contributed by atoms with Gasteiger partial charge in [0.2, 0.25) is 0 Å². The van der Waals surface area contributed by atoms with E-state index in [-0.39, 0.29) is 12.6 Å². The Morgan fingerprint density at radius 1 is 1.36 bits per heavy atom. The number of halogens is 2. The van der Waals surface area contributed by atoms with Gasteiger partial charge in [-0.3, -0.25) is 4.90 Å². The molecule has 2 N–H and O–H groups in total. The van der Waals surface area contributed by atoms with Crippen molar-refractivity contribution in [2.45, 2.75) is 58.0 Å². The van der Waals surface area contributed by atoms with Crippen LogP contribution in [-0.2, 0) is 11.3 Å². The second-order valence-corrected chi connectivity index (χ2v) is 7.85. The molecule has 4 nitrogen and oxygen atoms in total. The van der Waals surface area contributed by atoms with E-state index in [2.05, 4.69) is 27.8 Å². The van der Waals surface area contributed by atoms with Crippen LogP contribution in [0, 0.1) is 0 Å². The summed E-state index contributed by atoms with van der Waals surface area (Å²) in [6.45, 7) is 4.22. The molecule has 1 fully saturated rings. The van der Waals surface area contributed by atoms with Crippen LogP contribution in [0.5, 0.6) is 0 Å². The maximum Gasteiger partial charge on any atom is 0.338 e. The molecule has 0 aliphatic heterocycles. The van der Waals surface area contributed by atoms with Crippen molar-refractivity contribution < 1.29 is 9.53 Å². The number of hydrogen-bond acceptors (Lipinski definition) is 4. The Hall–Kier alpha value is -0.780. The first-order valence-corrected chi connectivity index (χ1v) is 10.4. The molecule has 1 aliphatic rings. The molecule has 140 valence electrons. The van der Waals surface area contributed by atoms with Crippen molar-refractivity contribution in [3.63, 3.8) is 0 Å². The molecule has 0 aromatic heterocycles. The predicted octanol–water partition coefficient (Wildman–Crippen LogP) is 4.97. The van der Waals surface area contributed by atoms with Gasteiger partial charge in [-0.2, -0.15) is 0 Å². The van der Waals surface area contributed by atoms with E-state index in [1.807, 2.05) is 6.07 Å². The quantitative estimate of drug-likeness (QED) is 0.358. The Morgan fingerprint density at radius 2 is 2.08 bits per heavy atom. The van der Waals surface area contributed by atoms with Crippen LogP contribution < -0.4 is 5.73 Å². The highest BCUT2D eigenvalue weighted by molar-refractivity contribution is 9.10. The van der Waals surface area contributed by atoms with E-state index < -0.39 is 0 Å². The number of esters is 1. The monoisotopic (exact) mass is 430 g/mol. The minimum Gasteiger partial charge on any atom is -0.461 e. The fourth-order valence-electron chi connectivity index (χ4n) is 3.48. The fourth-order valence-corrected chi connectivity index (χ4v) is 4.06. The van der Waals surface area contributed by atoms with Crippen molar-refractivity contribution in [2.75, 3.05) is 24.8 Å². The van der Waals surface area contributed by atoms with Crippen LogP contribution in [0.1, 0.15) is 61.4 Å². The molecule has 0 spiro atoms. The number of alkyl halides is 1. The van der Waals surface area contributed by atoms with E-state index in [0.29, 0.717) is 23.2 Å². The lowest BCUT2D eigenvalue weighted by molar-refractivity contribution is 0.0529. The highest BCUT2D eigenvalue weighted by Gasteiger charge is 2.22. The summed E-state index contributed by atoms with van der Waals surface area (Å²) in [5.41, 5.74) is 8.47. The first-order valence-electron chi connectivity index (χ1n) is 9.11. The zero-order chi connectivity index (χ0) is 18.2. The molecule has 2 rings (SSSR count). The zero-order valence-electron chi connectivity index (χ0n) is 14.9. The van der Waals surface area contributed by atoms with Gasteiger partial charge in [0.25, 0.3) is 0 Å². The lowest BCUT2D eigenvalue weighted by Crippen LogP contribution is -2.37. The van der Waals surface area contributed by atoms with Crippen LogP contribution >= 0.6 is 27.5 Å². The van der Waals surface area contributed by atoms with Crippen molar-refractivity contribution in [1.82, 2.24) is 4.90 Å². The number of nitrogen functional groups attached to an aromatic ring is 1. The molecule has 0 amide bonds. The molecule has 0 heterocycles. The normalized spacial score (nSPS) is 15.5. The largest absolute Gasteiger partial charge is 0.461 e. The van der Waals surface area contributed by atoms with E-state index in [1.165, 1.54) is 32.1 Å². The third-order valence-corrected chi connectivity index (χ3v) is 5.55. The van der Waals surface area contributed by atoms with Gasteiger partial charge in [0.15, 0.2) is 0 Å².